The van der Waals surface area contributed by atoms with Crippen LogP contribution < -0.4 is 16.5 Å². The largest absolute Gasteiger partial charge is 0.346 e. The third-order valence-electron chi connectivity index (χ3n) is 2.07. The number of hydroxylamine groups is 1. The molecule has 0 aromatic carbocycles. The summed E-state index contributed by atoms with van der Waals surface area (Å²) in [5, 5.41) is 2.46. The molecular weight excluding hydrogens is 273 g/mol. The Balaban J connectivity index is 4.61. The molecule has 0 saturated heterocycles. The fraction of sp³-hybridized carbons (Fsp3) is 0.800. The van der Waals surface area contributed by atoms with Crippen molar-refractivity contribution in [1.82, 2.24) is 10.8 Å². The van der Waals surface area contributed by atoms with Gasteiger partial charge in [-0.05, 0) is 19.3 Å². The average Bonchev–Trinajstić information content (AvgIpc) is 2.22. The van der Waals surface area contributed by atoms with E-state index in [-0.39, 0.29) is 5.92 Å². The van der Waals surface area contributed by atoms with Crippen molar-refractivity contribution in [2.24, 2.45) is 11.7 Å². The van der Waals surface area contributed by atoms with Crippen LogP contribution in [0.4, 0.5) is 0 Å². The molecule has 0 bridgehead atoms. The summed E-state index contributed by atoms with van der Waals surface area (Å²) in [6.45, 7) is 6.17. The van der Waals surface area contributed by atoms with Gasteiger partial charge in [-0.2, -0.15) is 4.62 Å². The zero-order chi connectivity index (χ0) is 15.2. The summed E-state index contributed by atoms with van der Waals surface area (Å²) in [5.41, 5.74) is 7.26. The summed E-state index contributed by atoms with van der Waals surface area (Å²) < 4.78 is 15.2. The van der Waals surface area contributed by atoms with Gasteiger partial charge in [-0.1, -0.05) is 13.8 Å². The van der Waals surface area contributed by atoms with E-state index in [2.05, 4.69) is 9.94 Å². The van der Waals surface area contributed by atoms with Gasteiger partial charge in [0.1, 0.15) is 6.04 Å². The second-order valence-corrected chi connectivity index (χ2v) is 6.63. The Morgan fingerprint density at radius 1 is 1.32 bits per heavy atom. The first kappa shape index (κ1) is 18.0. The Morgan fingerprint density at radius 2 is 1.84 bits per heavy atom. The Bertz CT molecular complexity index is 366. The van der Waals surface area contributed by atoms with Gasteiger partial charge >= 0.3 is 7.60 Å². The highest BCUT2D eigenvalue weighted by Crippen LogP contribution is 2.34. The lowest BCUT2D eigenvalue weighted by atomic mass is 10.0. The van der Waals surface area contributed by atoms with Crippen LogP contribution in [0.3, 0.4) is 0 Å². The van der Waals surface area contributed by atoms with Crippen molar-refractivity contribution in [1.29, 1.82) is 0 Å². The van der Waals surface area contributed by atoms with Crippen LogP contribution >= 0.6 is 7.60 Å². The van der Waals surface area contributed by atoms with Gasteiger partial charge in [-0.15, -0.1) is 0 Å². The first-order valence-electron chi connectivity index (χ1n) is 5.87. The molecule has 0 heterocycles. The molecule has 0 aromatic rings. The second-order valence-electron chi connectivity index (χ2n) is 4.84. The number of rotatable bonds is 7. The van der Waals surface area contributed by atoms with E-state index in [4.69, 9.17) is 10.6 Å². The van der Waals surface area contributed by atoms with Gasteiger partial charge in [0.2, 0.25) is 5.91 Å². The first-order chi connectivity index (χ1) is 8.53. The minimum absolute atomic E-state index is 0.131. The van der Waals surface area contributed by atoms with Crippen LogP contribution in [-0.2, 0) is 18.8 Å². The van der Waals surface area contributed by atoms with Crippen molar-refractivity contribution in [3.63, 3.8) is 0 Å². The van der Waals surface area contributed by atoms with Crippen molar-refractivity contribution in [3.8, 4) is 0 Å². The average molecular weight is 295 g/mol. The van der Waals surface area contributed by atoms with Gasteiger partial charge in [-0.25, -0.2) is 5.48 Å². The summed E-state index contributed by atoms with van der Waals surface area (Å²) in [6.07, 6.45) is 0.354. The Morgan fingerprint density at radius 3 is 2.21 bits per heavy atom. The highest BCUT2D eigenvalue weighted by molar-refractivity contribution is 7.51. The fourth-order valence-corrected chi connectivity index (χ4v) is 1.47. The number of nitrogens with two attached hydrogens (primary N) is 1. The SMILES string of the molecule is CC(C)C[C@H](NC(=O)[C@H](C)N)C(=O)NOP(C)(=O)O. The molecule has 0 rings (SSSR count). The molecule has 3 atom stereocenters. The molecule has 0 spiro atoms. The molecule has 0 radical (unpaired) electrons. The molecule has 0 aliphatic carbocycles. The van der Waals surface area contributed by atoms with Crippen molar-refractivity contribution >= 4 is 19.4 Å². The highest BCUT2D eigenvalue weighted by atomic mass is 31.2. The van der Waals surface area contributed by atoms with Gasteiger partial charge in [-0.3, -0.25) is 14.2 Å². The predicted molar refractivity (Wildman–Crippen MR) is 70.0 cm³/mol. The molecule has 0 fully saturated rings. The molecule has 8 nitrogen and oxygen atoms in total. The maximum atomic E-state index is 11.8. The predicted octanol–water partition coefficient (Wildman–Crippen LogP) is -0.272. The molecule has 2 amide bonds. The molecule has 9 heteroatoms. The number of amides is 2. The molecule has 19 heavy (non-hydrogen) atoms. The van der Waals surface area contributed by atoms with E-state index in [1.807, 2.05) is 19.3 Å². The van der Waals surface area contributed by atoms with Gasteiger partial charge in [0.05, 0.1) is 6.04 Å². The smallest absolute Gasteiger partial charge is 0.343 e. The number of carbonyl (C=O) groups is 2. The third-order valence-corrected chi connectivity index (χ3v) is 2.50. The Hall–Kier alpha value is -0.950. The zero-order valence-electron chi connectivity index (χ0n) is 11.5. The lowest BCUT2D eigenvalue weighted by Crippen LogP contribution is -2.51. The van der Waals surface area contributed by atoms with Gasteiger partial charge in [0, 0.05) is 6.66 Å². The topological polar surface area (TPSA) is 131 Å². The van der Waals surface area contributed by atoms with Crippen LogP contribution in [0.15, 0.2) is 0 Å². The Labute approximate surface area is 112 Å². The lowest BCUT2D eigenvalue weighted by Gasteiger charge is -2.21. The van der Waals surface area contributed by atoms with E-state index in [1.54, 1.807) is 0 Å². The van der Waals surface area contributed by atoms with Gasteiger partial charge < -0.3 is 15.9 Å². The van der Waals surface area contributed by atoms with E-state index in [0.29, 0.717) is 6.42 Å². The molecule has 0 aliphatic rings. The summed E-state index contributed by atoms with van der Waals surface area (Å²) in [5.74, 6) is -1.05. The maximum absolute atomic E-state index is 11.8. The van der Waals surface area contributed by atoms with E-state index in [1.165, 1.54) is 6.92 Å². The number of hydrogen-bond acceptors (Lipinski definition) is 5. The molecule has 0 saturated carbocycles. The summed E-state index contributed by atoms with van der Waals surface area (Å²) in [4.78, 5) is 32.2. The fourth-order valence-electron chi connectivity index (χ4n) is 1.21. The normalized spacial score (nSPS) is 17.4. The molecule has 0 aliphatic heterocycles. The van der Waals surface area contributed by atoms with Crippen molar-refractivity contribution < 1.29 is 23.7 Å². The van der Waals surface area contributed by atoms with Crippen LogP contribution in [0.2, 0.25) is 0 Å². The minimum atomic E-state index is -3.82. The van der Waals surface area contributed by atoms with E-state index >= 15 is 0 Å². The zero-order valence-corrected chi connectivity index (χ0v) is 12.4. The van der Waals surface area contributed by atoms with Crippen molar-refractivity contribution in [2.45, 2.75) is 39.3 Å². The van der Waals surface area contributed by atoms with Crippen LogP contribution in [-0.4, -0.2) is 35.5 Å². The number of carbonyl (C=O) groups excluding carboxylic acids is 2. The van der Waals surface area contributed by atoms with Crippen LogP contribution in [0.1, 0.15) is 27.2 Å². The molecular formula is C10H22N3O5P. The first-order valence-corrected chi connectivity index (χ1v) is 7.90. The Kier molecular flexibility index (Phi) is 7.21. The molecule has 0 aromatic heterocycles. The molecule has 5 N–H and O–H groups in total. The van der Waals surface area contributed by atoms with Crippen LogP contribution in [0, 0.1) is 5.92 Å². The lowest BCUT2D eigenvalue weighted by molar-refractivity contribution is -0.134. The van der Waals surface area contributed by atoms with E-state index in [9.17, 15) is 14.2 Å². The summed E-state index contributed by atoms with van der Waals surface area (Å²) in [6, 6.07) is -1.62. The van der Waals surface area contributed by atoms with Crippen LogP contribution in [0.5, 0.6) is 0 Å². The van der Waals surface area contributed by atoms with E-state index < -0.39 is 31.5 Å². The van der Waals surface area contributed by atoms with Gasteiger partial charge in [0.15, 0.2) is 0 Å². The summed E-state index contributed by atoms with van der Waals surface area (Å²) in [7, 11) is -3.82. The van der Waals surface area contributed by atoms with E-state index in [0.717, 1.165) is 6.66 Å². The maximum Gasteiger partial charge on any atom is 0.346 e. The minimum Gasteiger partial charge on any atom is -0.343 e. The highest BCUT2D eigenvalue weighted by Gasteiger charge is 2.25. The van der Waals surface area contributed by atoms with Crippen molar-refractivity contribution in [2.75, 3.05) is 6.66 Å². The monoisotopic (exact) mass is 295 g/mol. The molecule has 1 unspecified atom stereocenters. The standard InChI is InChI=1S/C10H22N3O5P/c1-6(2)5-8(12-9(14)7(3)11)10(15)13-18-19(4,16)17/h6-8H,5,11H2,1-4H3,(H,12,14)(H,13,15)(H,16,17)/t7-,8-/m0/s1. The third kappa shape index (κ3) is 8.72. The molecule has 112 valence electrons. The number of nitrogens with one attached hydrogen (secondary N) is 2. The van der Waals surface area contributed by atoms with Crippen LogP contribution in [0.25, 0.3) is 0 Å². The number of hydrogen-bond donors (Lipinski definition) is 4. The van der Waals surface area contributed by atoms with Gasteiger partial charge in [0.25, 0.3) is 5.91 Å². The summed E-state index contributed by atoms with van der Waals surface area (Å²) >= 11 is 0. The van der Waals surface area contributed by atoms with Crippen molar-refractivity contribution in [3.05, 3.63) is 0 Å². The second kappa shape index (κ2) is 7.59. The quantitative estimate of drug-likeness (QED) is 0.377.